The normalized spacial score (nSPS) is 11.1. The third kappa shape index (κ3) is 5.04. The minimum atomic E-state index is -4.30. The monoisotopic (exact) mass is 423 g/mol. The summed E-state index contributed by atoms with van der Waals surface area (Å²) in [6, 6.07) is 8.04. The van der Waals surface area contributed by atoms with Gasteiger partial charge in [0.1, 0.15) is 0 Å². The van der Waals surface area contributed by atoms with E-state index in [0.29, 0.717) is 0 Å². The van der Waals surface area contributed by atoms with Gasteiger partial charge in [0.25, 0.3) is 21.4 Å². The lowest BCUT2D eigenvalue weighted by atomic mass is 10.1. The first-order valence-electron chi connectivity index (χ1n) is 8.28. The van der Waals surface area contributed by atoms with E-state index in [9.17, 15) is 33.4 Å². The molecule has 0 aliphatic heterocycles. The molecule has 0 saturated carbocycles. The lowest BCUT2D eigenvalue weighted by Crippen LogP contribution is -2.33. The fourth-order valence-electron chi connectivity index (χ4n) is 2.66. The summed E-state index contributed by atoms with van der Waals surface area (Å²) in [7, 11) is -4.30. The number of nitro benzene ring substituents is 2. The largest absolute Gasteiger partial charge is 0.481 e. The smallest absolute Gasteiger partial charge is 0.303 e. The van der Waals surface area contributed by atoms with E-state index >= 15 is 0 Å². The number of rotatable bonds is 9. The van der Waals surface area contributed by atoms with E-state index in [1.807, 2.05) is 0 Å². The Labute approximate surface area is 165 Å². The molecule has 0 fully saturated rings. The van der Waals surface area contributed by atoms with Crippen molar-refractivity contribution in [2.45, 2.75) is 24.7 Å². The first-order chi connectivity index (χ1) is 13.5. The van der Waals surface area contributed by atoms with Gasteiger partial charge in [-0.1, -0.05) is 6.07 Å². The van der Waals surface area contributed by atoms with Gasteiger partial charge in [-0.3, -0.25) is 29.3 Å². The molecule has 2 aromatic carbocycles. The molecule has 11 nitrogen and oxygen atoms in total. The van der Waals surface area contributed by atoms with Crippen molar-refractivity contribution in [3.8, 4) is 0 Å². The molecule has 154 valence electrons. The zero-order valence-electron chi connectivity index (χ0n) is 15.2. The summed E-state index contributed by atoms with van der Waals surface area (Å²) in [6.07, 6.45) is -0.326. The number of non-ortho nitro benzene ring substituents is 2. The number of nitrogens with zero attached hydrogens (tertiary/aromatic N) is 3. The Morgan fingerprint density at radius 3 is 2.24 bits per heavy atom. The summed E-state index contributed by atoms with van der Waals surface area (Å²) < 4.78 is 27.3. The van der Waals surface area contributed by atoms with Gasteiger partial charge in [-0.2, -0.15) is 0 Å². The molecule has 0 aromatic heterocycles. The van der Waals surface area contributed by atoms with Gasteiger partial charge in [-0.15, -0.1) is 0 Å². The van der Waals surface area contributed by atoms with E-state index in [2.05, 4.69) is 0 Å². The molecule has 0 atom stereocenters. The number of anilines is 1. The maximum absolute atomic E-state index is 13.2. The van der Waals surface area contributed by atoms with Crippen molar-refractivity contribution in [3.05, 3.63) is 68.3 Å². The average Bonchev–Trinajstić information content (AvgIpc) is 2.65. The summed E-state index contributed by atoms with van der Waals surface area (Å²) in [5.41, 5.74) is -0.252. The van der Waals surface area contributed by atoms with Crippen LogP contribution in [0.2, 0.25) is 0 Å². The molecular formula is C17H17N3O8S. The van der Waals surface area contributed by atoms with Crippen molar-refractivity contribution in [2.75, 3.05) is 10.8 Å². The standard InChI is InChI=1S/C17H17N3O8S/c1-12-10-14(20(25)26)7-8-16(12)18(9-3-6-17(21)22)29(27,28)15-5-2-4-13(11-15)19(23)24/h2,4-5,7-8,10-11H,3,6,9H2,1H3,(H,21,22). The second-order valence-corrected chi connectivity index (χ2v) is 7.92. The molecule has 0 radical (unpaired) electrons. The number of sulfonamides is 1. The summed E-state index contributed by atoms with van der Waals surface area (Å²) >= 11 is 0. The predicted octanol–water partition coefficient (Wildman–Crippen LogP) is 2.87. The van der Waals surface area contributed by atoms with Crippen molar-refractivity contribution < 1.29 is 28.2 Å². The van der Waals surface area contributed by atoms with Crippen LogP contribution in [-0.4, -0.2) is 35.9 Å². The van der Waals surface area contributed by atoms with Crippen LogP contribution < -0.4 is 4.31 Å². The summed E-state index contributed by atoms with van der Waals surface area (Å²) in [4.78, 5) is 31.1. The number of hydrogen-bond donors (Lipinski definition) is 1. The van der Waals surface area contributed by atoms with Gasteiger partial charge in [0.2, 0.25) is 0 Å². The molecule has 12 heteroatoms. The van der Waals surface area contributed by atoms with Crippen LogP contribution in [0.15, 0.2) is 47.4 Å². The summed E-state index contributed by atoms with van der Waals surface area (Å²) in [5.74, 6) is -1.11. The number of benzene rings is 2. The molecular weight excluding hydrogens is 406 g/mol. The molecule has 0 aliphatic carbocycles. The number of carboxylic acids is 1. The van der Waals surface area contributed by atoms with Gasteiger partial charge >= 0.3 is 5.97 Å². The highest BCUT2D eigenvalue weighted by Gasteiger charge is 2.28. The Morgan fingerprint density at radius 2 is 1.69 bits per heavy atom. The maximum atomic E-state index is 13.2. The molecule has 0 aliphatic rings. The fraction of sp³-hybridized carbons (Fsp3) is 0.235. The third-order valence-electron chi connectivity index (χ3n) is 4.03. The van der Waals surface area contributed by atoms with Gasteiger partial charge in [-0.05, 0) is 31.0 Å². The van der Waals surface area contributed by atoms with E-state index < -0.39 is 31.5 Å². The van der Waals surface area contributed by atoms with Crippen molar-refractivity contribution in [3.63, 3.8) is 0 Å². The number of aryl methyl sites for hydroxylation is 1. The summed E-state index contributed by atoms with van der Waals surface area (Å²) in [6.45, 7) is 1.26. The lowest BCUT2D eigenvalue weighted by Gasteiger charge is -2.25. The Bertz CT molecular complexity index is 1070. The molecule has 0 amide bonds. The van der Waals surface area contributed by atoms with Gasteiger partial charge in [-0.25, -0.2) is 8.42 Å². The van der Waals surface area contributed by atoms with Gasteiger partial charge in [0, 0.05) is 37.2 Å². The van der Waals surface area contributed by atoms with Crippen LogP contribution in [0.4, 0.5) is 17.1 Å². The molecule has 0 saturated heterocycles. The molecule has 1 N–H and O–H groups in total. The second-order valence-electron chi connectivity index (χ2n) is 6.06. The van der Waals surface area contributed by atoms with Crippen LogP contribution in [0.1, 0.15) is 18.4 Å². The van der Waals surface area contributed by atoms with Gasteiger partial charge in [0.15, 0.2) is 0 Å². The van der Waals surface area contributed by atoms with E-state index in [1.54, 1.807) is 0 Å². The molecule has 0 heterocycles. The van der Waals surface area contributed by atoms with Crippen LogP contribution >= 0.6 is 0 Å². The van der Waals surface area contributed by atoms with Crippen LogP contribution in [0.3, 0.4) is 0 Å². The molecule has 29 heavy (non-hydrogen) atoms. The topological polar surface area (TPSA) is 161 Å². The number of nitro groups is 2. The third-order valence-corrected chi connectivity index (χ3v) is 5.84. The highest BCUT2D eigenvalue weighted by Crippen LogP contribution is 2.31. The van der Waals surface area contributed by atoms with Crippen LogP contribution in [0.25, 0.3) is 0 Å². The lowest BCUT2D eigenvalue weighted by molar-refractivity contribution is -0.385. The number of hydrogen-bond acceptors (Lipinski definition) is 7. The van der Waals surface area contributed by atoms with E-state index in [1.165, 1.54) is 31.2 Å². The first-order valence-corrected chi connectivity index (χ1v) is 9.72. The Morgan fingerprint density at radius 1 is 1.07 bits per heavy atom. The van der Waals surface area contributed by atoms with Crippen LogP contribution in [0.5, 0.6) is 0 Å². The molecule has 2 aromatic rings. The van der Waals surface area contributed by atoms with Gasteiger partial charge < -0.3 is 5.11 Å². The molecule has 0 spiro atoms. The van der Waals surface area contributed by atoms with Gasteiger partial charge in [0.05, 0.1) is 20.4 Å². The zero-order chi connectivity index (χ0) is 21.8. The minimum Gasteiger partial charge on any atom is -0.481 e. The zero-order valence-corrected chi connectivity index (χ0v) is 16.0. The van der Waals surface area contributed by atoms with Crippen molar-refractivity contribution in [1.82, 2.24) is 0 Å². The van der Waals surface area contributed by atoms with Crippen molar-refractivity contribution >= 4 is 33.1 Å². The average molecular weight is 423 g/mol. The highest BCUT2D eigenvalue weighted by atomic mass is 32.2. The molecule has 2 rings (SSSR count). The number of aliphatic carboxylic acids is 1. The van der Waals surface area contributed by atoms with Crippen LogP contribution in [-0.2, 0) is 14.8 Å². The second kappa shape index (κ2) is 8.65. The molecule has 0 unspecified atom stereocenters. The van der Waals surface area contributed by atoms with Crippen LogP contribution in [0, 0.1) is 27.2 Å². The fourth-order valence-corrected chi connectivity index (χ4v) is 4.27. The van der Waals surface area contributed by atoms with Crippen molar-refractivity contribution in [2.24, 2.45) is 0 Å². The SMILES string of the molecule is Cc1cc([N+](=O)[O-])ccc1N(CCCC(=O)O)S(=O)(=O)c1cccc([N+](=O)[O-])c1. The first kappa shape index (κ1) is 21.8. The Hall–Kier alpha value is -3.54. The molecule has 0 bridgehead atoms. The highest BCUT2D eigenvalue weighted by molar-refractivity contribution is 7.92. The predicted molar refractivity (Wildman–Crippen MR) is 102 cm³/mol. The quantitative estimate of drug-likeness (QED) is 0.475. The number of carboxylic acid groups (broad SMARTS) is 1. The van der Waals surface area contributed by atoms with Crippen molar-refractivity contribution in [1.29, 1.82) is 0 Å². The number of carbonyl (C=O) groups is 1. The van der Waals surface area contributed by atoms with E-state index in [-0.39, 0.29) is 41.2 Å². The summed E-state index contributed by atoms with van der Waals surface area (Å²) in [5, 5.41) is 30.8. The maximum Gasteiger partial charge on any atom is 0.303 e. The Balaban J connectivity index is 2.55. The minimum absolute atomic E-state index is 0.0279. The van der Waals surface area contributed by atoms with E-state index in [4.69, 9.17) is 5.11 Å². The van der Waals surface area contributed by atoms with E-state index in [0.717, 1.165) is 22.5 Å². The Kier molecular flexibility index (Phi) is 6.49.